The van der Waals surface area contributed by atoms with Gasteiger partial charge in [-0.05, 0) is 54.2 Å². The van der Waals surface area contributed by atoms with Crippen LogP contribution in [-0.4, -0.2) is 41.0 Å². The summed E-state index contributed by atoms with van der Waals surface area (Å²) in [4.78, 5) is 27.1. The summed E-state index contributed by atoms with van der Waals surface area (Å²) in [5, 5.41) is 6.13. The second kappa shape index (κ2) is 8.46. The van der Waals surface area contributed by atoms with E-state index in [0.717, 1.165) is 11.3 Å². The van der Waals surface area contributed by atoms with Gasteiger partial charge in [0.15, 0.2) is 0 Å². The summed E-state index contributed by atoms with van der Waals surface area (Å²) >= 11 is 0. The van der Waals surface area contributed by atoms with Crippen molar-refractivity contribution in [3.8, 4) is 0 Å². The number of rotatable bonds is 5. The Balaban J connectivity index is 1.82. The first kappa shape index (κ1) is 21.8. The van der Waals surface area contributed by atoms with Gasteiger partial charge in [-0.25, -0.2) is 5.01 Å². The van der Waals surface area contributed by atoms with E-state index in [9.17, 15) is 9.59 Å². The molecule has 0 radical (unpaired) electrons. The summed E-state index contributed by atoms with van der Waals surface area (Å²) in [6.45, 7) is 10.1. The zero-order valence-corrected chi connectivity index (χ0v) is 18.7. The van der Waals surface area contributed by atoms with Gasteiger partial charge < -0.3 is 9.32 Å². The van der Waals surface area contributed by atoms with Gasteiger partial charge in [-0.15, -0.1) is 0 Å². The number of furan rings is 1. The molecule has 0 saturated heterocycles. The summed E-state index contributed by atoms with van der Waals surface area (Å²) in [7, 11) is 1.66. The van der Waals surface area contributed by atoms with Gasteiger partial charge in [0, 0.05) is 19.9 Å². The second-order valence-corrected chi connectivity index (χ2v) is 9.31. The average Bonchev–Trinajstić information content (AvgIpc) is 3.31. The number of hydrazone groups is 1. The van der Waals surface area contributed by atoms with Gasteiger partial charge in [-0.2, -0.15) is 5.10 Å². The number of carbonyl (C=O) groups is 2. The summed E-state index contributed by atoms with van der Waals surface area (Å²) in [6, 6.07) is 9.56. The van der Waals surface area contributed by atoms with Crippen molar-refractivity contribution in [2.24, 2.45) is 10.5 Å². The van der Waals surface area contributed by atoms with Gasteiger partial charge in [0.25, 0.3) is 5.91 Å². The van der Waals surface area contributed by atoms with Crippen molar-refractivity contribution in [3.63, 3.8) is 0 Å². The highest BCUT2D eigenvalue weighted by molar-refractivity contribution is 6.03. The van der Waals surface area contributed by atoms with Crippen molar-refractivity contribution in [2.45, 2.75) is 53.5 Å². The van der Waals surface area contributed by atoms with Gasteiger partial charge in [0.2, 0.25) is 5.91 Å². The Labute approximate surface area is 178 Å². The summed E-state index contributed by atoms with van der Waals surface area (Å²) < 4.78 is 5.60. The standard InChI is InChI=1S/C24H31N3O3/c1-16-9-10-18(12-17(16)2)19-13-20(21-8-7-11-30-21)27(25-19)23(29)15-26(6)22(28)14-24(3,4)5/h7-12,20H,13-15H2,1-6H3/t20-/m0/s1. The topological polar surface area (TPSA) is 66.1 Å². The fourth-order valence-corrected chi connectivity index (χ4v) is 3.49. The molecule has 0 fully saturated rings. The van der Waals surface area contributed by atoms with Crippen LogP contribution in [0, 0.1) is 19.3 Å². The predicted octanol–water partition coefficient (Wildman–Crippen LogP) is 4.47. The van der Waals surface area contributed by atoms with Crippen LogP contribution < -0.4 is 0 Å². The van der Waals surface area contributed by atoms with Crippen LogP contribution in [0.1, 0.15) is 62.1 Å². The summed E-state index contributed by atoms with van der Waals surface area (Å²) in [6.07, 6.45) is 2.56. The molecule has 30 heavy (non-hydrogen) atoms. The number of benzene rings is 1. The maximum absolute atomic E-state index is 13.1. The second-order valence-electron chi connectivity index (χ2n) is 9.31. The molecule has 2 aromatic rings. The normalized spacial score (nSPS) is 16.5. The molecule has 0 spiro atoms. The van der Waals surface area contributed by atoms with Crippen molar-refractivity contribution in [1.29, 1.82) is 0 Å². The lowest BCUT2D eigenvalue weighted by Crippen LogP contribution is -2.40. The van der Waals surface area contributed by atoms with Gasteiger partial charge in [-0.1, -0.05) is 32.9 Å². The molecule has 0 unspecified atom stereocenters. The highest BCUT2D eigenvalue weighted by atomic mass is 16.3. The number of nitrogens with zero attached hydrogens (tertiary/aromatic N) is 3. The predicted molar refractivity (Wildman–Crippen MR) is 117 cm³/mol. The van der Waals surface area contributed by atoms with E-state index in [-0.39, 0.29) is 29.8 Å². The highest BCUT2D eigenvalue weighted by Gasteiger charge is 2.35. The number of hydrogen-bond donors (Lipinski definition) is 0. The Morgan fingerprint density at radius 1 is 1.20 bits per heavy atom. The molecule has 6 nitrogen and oxygen atoms in total. The highest BCUT2D eigenvalue weighted by Crippen LogP contribution is 2.33. The van der Waals surface area contributed by atoms with Crippen molar-refractivity contribution in [3.05, 3.63) is 59.0 Å². The number of aryl methyl sites for hydroxylation is 2. The van der Waals surface area contributed by atoms with Gasteiger partial charge in [0.1, 0.15) is 18.3 Å². The first-order chi connectivity index (χ1) is 14.0. The lowest BCUT2D eigenvalue weighted by Gasteiger charge is -2.25. The molecule has 0 saturated carbocycles. The number of likely N-dealkylation sites (N-methyl/N-ethyl adjacent to an activating group) is 1. The fraction of sp³-hybridized carbons (Fsp3) is 0.458. The Morgan fingerprint density at radius 3 is 2.53 bits per heavy atom. The van der Waals surface area contributed by atoms with Crippen molar-refractivity contribution < 1.29 is 14.0 Å². The quantitative estimate of drug-likeness (QED) is 0.732. The number of amides is 2. The van der Waals surface area contributed by atoms with Crippen LogP contribution in [0.5, 0.6) is 0 Å². The molecule has 1 atom stereocenters. The van der Waals surface area contributed by atoms with Gasteiger partial charge in [-0.3, -0.25) is 9.59 Å². The molecule has 6 heteroatoms. The molecular formula is C24H31N3O3. The third-order valence-electron chi connectivity index (χ3n) is 5.36. The molecule has 2 heterocycles. The van der Waals surface area contributed by atoms with Crippen LogP contribution >= 0.6 is 0 Å². The average molecular weight is 410 g/mol. The molecule has 0 aliphatic carbocycles. The Morgan fingerprint density at radius 2 is 1.93 bits per heavy atom. The maximum Gasteiger partial charge on any atom is 0.262 e. The molecule has 160 valence electrons. The third-order valence-corrected chi connectivity index (χ3v) is 5.36. The minimum Gasteiger partial charge on any atom is -0.467 e. The largest absolute Gasteiger partial charge is 0.467 e. The number of hydrogen-bond acceptors (Lipinski definition) is 4. The molecule has 1 aromatic carbocycles. The van der Waals surface area contributed by atoms with E-state index in [1.807, 2.05) is 39.0 Å². The van der Waals surface area contributed by atoms with Crippen LogP contribution in [0.25, 0.3) is 0 Å². The van der Waals surface area contributed by atoms with Gasteiger partial charge in [0.05, 0.1) is 12.0 Å². The van der Waals surface area contributed by atoms with E-state index < -0.39 is 0 Å². The lowest BCUT2D eigenvalue weighted by atomic mass is 9.92. The van der Waals surface area contributed by atoms with Crippen molar-refractivity contribution >= 4 is 17.5 Å². The molecule has 1 aliphatic heterocycles. The maximum atomic E-state index is 13.1. The lowest BCUT2D eigenvalue weighted by molar-refractivity contribution is -0.141. The third kappa shape index (κ3) is 4.99. The zero-order chi connectivity index (χ0) is 22.1. The van der Waals surface area contributed by atoms with Crippen LogP contribution in [-0.2, 0) is 9.59 Å². The van der Waals surface area contributed by atoms with E-state index in [4.69, 9.17) is 4.42 Å². The first-order valence-corrected chi connectivity index (χ1v) is 10.3. The van der Waals surface area contributed by atoms with Crippen LogP contribution in [0.15, 0.2) is 46.1 Å². The molecular weight excluding hydrogens is 378 g/mol. The molecule has 3 rings (SSSR count). The van der Waals surface area contributed by atoms with Crippen LogP contribution in [0.4, 0.5) is 0 Å². The van der Waals surface area contributed by atoms with Crippen LogP contribution in [0.3, 0.4) is 0 Å². The molecule has 0 bridgehead atoms. The zero-order valence-electron chi connectivity index (χ0n) is 18.7. The van der Waals surface area contributed by atoms with Crippen molar-refractivity contribution in [2.75, 3.05) is 13.6 Å². The molecule has 2 amide bonds. The SMILES string of the molecule is Cc1ccc(C2=NN(C(=O)CN(C)C(=O)CC(C)(C)C)[C@H](c3ccco3)C2)cc1C. The van der Waals surface area contributed by atoms with Crippen LogP contribution in [0.2, 0.25) is 0 Å². The minimum atomic E-state index is -0.310. The Hall–Kier alpha value is -2.89. The van der Waals surface area contributed by atoms with E-state index in [1.165, 1.54) is 21.0 Å². The Kier molecular flexibility index (Phi) is 6.15. The first-order valence-electron chi connectivity index (χ1n) is 10.3. The van der Waals surface area contributed by atoms with E-state index >= 15 is 0 Å². The summed E-state index contributed by atoms with van der Waals surface area (Å²) in [5.41, 5.74) is 4.11. The molecule has 1 aliphatic rings. The van der Waals surface area contributed by atoms with Crippen molar-refractivity contribution in [1.82, 2.24) is 9.91 Å². The fourth-order valence-electron chi connectivity index (χ4n) is 3.49. The monoisotopic (exact) mass is 409 g/mol. The number of carbonyl (C=O) groups excluding carboxylic acids is 2. The Bertz CT molecular complexity index is 955. The molecule has 1 aromatic heterocycles. The minimum absolute atomic E-state index is 0.0180. The van der Waals surface area contributed by atoms with E-state index in [0.29, 0.717) is 18.6 Å². The molecule has 0 N–H and O–H groups in total. The van der Waals surface area contributed by atoms with Gasteiger partial charge >= 0.3 is 0 Å². The van der Waals surface area contributed by atoms with E-state index in [1.54, 1.807) is 13.3 Å². The van der Waals surface area contributed by atoms with E-state index in [2.05, 4.69) is 31.1 Å². The smallest absolute Gasteiger partial charge is 0.262 e. The summed E-state index contributed by atoms with van der Waals surface area (Å²) in [5.74, 6) is 0.414.